The summed E-state index contributed by atoms with van der Waals surface area (Å²) in [6, 6.07) is 0. The Balaban J connectivity index is 2.57. The second-order valence-corrected chi connectivity index (χ2v) is 3.38. The van der Waals surface area contributed by atoms with E-state index in [9.17, 15) is 4.79 Å². The van der Waals surface area contributed by atoms with Gasteiger partial charge in [0.05, 0.1) is 7.85 Å². The van der Waals surface area contributed by atoms with Gasteiger partial charge < -0.3 is 0 Å². The van der Waals surface area contributed by atoms with Gasteiger partial charge in [-0.3, -0.25) is 4.79 Å². The Morgan fingerprint density at radius 3 is 2.80 bits per heavy atom. The fourth-order valence-electron chi connectivity index (χ4n) is 1.66. The lowest BCUT2D eigenvalue weighted by Gasteiger charge is -2.20. The van der Waals surface area contributed by atoms with E-state index in [4.69, 9.17) is 7.85 Å². The van der Waals surface area contributed by atoms with Gasteiger partial charge in [-0.2, -0.15) is 0 Å². The van der Waals surface area contributed by atoms with Crippen LogP contribution in [0.25, 0.3) is 0 Å². The monoisotopic (exact) mass is 136 g/mol. The molecule has 0 spiro atoms. The van der Waals surface area contributed by atoms with Crippen LogP contribution in [0.4, 0.5) is 0 Å². The SMILES string of the molecule is [B]CCC1(C)CCCC1=O. The van der Waals surface area contributed by atoms with Gasteiger partial charge in [0.25, 0.3) is 0 Å². The molecule has 1 saturated carbocycles. The van der Waals surface area contributed by atoms with Crippen molar-refractivity contribution < 1.29 is 4.79 Å². The molecule has 1 rings (SSSR count). The molecule has 10 heavy (non-hydrogen) atoms. The van der Waals surface area contributed by atoms with E-state index in [0.29, 0.717) is 12.1 Å². The average molecular weight is 136 g/mol. The van der Waals surface area contributed by atoms with Gasteiger partial charge in [-0.05, 0) is 19.3 Å². The number of carbonyl (C=O) groups excluding carboxylic acids is 1. The highest BCUT2D eigenvalue weighted by atomic mass is 16.1. The van der Waals surface area contributed by atoms with Crippen molar-refractivity contribution in [3.8, 4) is 0 Å². The molecule has 0 heterocycles. The third kappa shape index (κ3) is 1.25. The van der Waals surface area contributed by atoms with Crippen molar-refractivity contribution in [3.63, 3.8) is 0 Å². The van der Waals surface area contributed by atoms with E-state index in [1.807, 2.05) is 6.92 Å². The summed E-state index contributed by atoms with van der Waals surface area (Å²) in [4.78, 5) is 11.2. The van der Waals surface area contributed by atoms with Crippen molar-refractivity contribution in [2.24, 2.45) is 5.41 Å². The second kappa shape index (κ2) is 2.77. The van der Waals surface area contributed by atoms with Crippen molar-refractivity contribution in [2.45, 2.75) is 38.9 Å². The fourth-order valence-corrected chi connectivity index (χ4v) is 1.66. The lowest BCUT2D eigenvalue weighted by atomic mass is 9.79. The maximum absolute atomic E-state index is 11.2. The molecule has 1 aliphatic carbocycles. The highest BCUT2D eigenvalue weighted by Crippen LogP contribution is 2.37. The minimum Gasteiger partial charge on any atom is -0.299 e. The first-order chi connectivity index (χ1) is 4.69. The quantitative estimate of drug-likeness (QED) is 0.528. The molecule has 0 N–H and O–H groups in total. The zero-order valence-electron chi connectivity index (χ0n) is 6.52. The van der Waals surface area contributed by atoms with Gasteiger partial charge in [0.2, 0.25) is 0 Å². The van der Waals surface area contributed by atoms with Crippen molar-refractivity contribution in [1.82, 2.24) is 0 Å². The summed E-state index contributed by atoms with van der Waals surface area (Å²) in [5.74, 6) is 0.415. The number of carbonyl (C=O) groups is 1. The maximum atomic E-state index is 11.2. The molecule has 1 atom stereocenters. The lowest BCUT2D eigenvalue weighted by Crippen LogP contribution is -2.20. The van der Waals surface area contributed by atoms with E-state index in [-0.39, 0.29) is 5.41 Å². The molecule has 0 aromatic carbocycles. The summed E-state index contributed by atoms with van der Waals surface area (Å²) in [7, 11) is 5.40. The van der Waals surface area contributed by atoms with Crippen molar-refractivity contribution in [1.29, 1.82) is 0 Å². The number of rotatable bonds is 2. The minimum atomic E-state index is -0.0608. The van der Waals surface area contributed by atoms with E-state index >= 15 is 0 Å². The average Bonchev–Trinajstić information content (AvgIpc) is 2.15. The van der Waals surface area contributed by atoms with Crippen LogP contribution in [-0.2, 0) is 4.79 Å². The van der Waals surface area contributed by atoms with Crippen molar-refractivity contribution >= 4 is 13.6 Å². The topological polar surface area (TPSA) is 17.1 Å². The summed E-state index contributed by atoms with van der Waals surface area (Å²) >= 11 is 0. The highest BCUT2D eigenvalue weighted by Gasteiger charge is 2.35. The largest absolute Gasteiger partial charge is 0.299 e. The Morgan fingerprint density at radius 2 is 2.40 bits per heavy atom. The molecule has 0 aromatic heterocycles. The third-order valence-electron chi connectivity index (χ3n) is 2.50. The number of Topliss-reactive ketones (excluding diaryl/α,β-unsaturated/α-hetero) is 1. The number of ketones is 1. The van der Waals surface area contributed by atoms with Crippen molar-refractivity contribution in [3.05, 3.63) is 0 Å². The molecule has 0 aromatic rings. The Morgan fingerprint density at radius 1 is 1.70 bits per heavy atom. The van der Waals surface area contributed by atoms with E-state index in [2.05, 4.69) is 0 Å². The van der Waals surface area contributed by atoms with Crippen LogP contribution >= 0.6 is 0 Å². The molecule has 1 nitrogen and oxygen atoms in total. The summed E-state index contributed by atoms with van der Waals surface area (Å²) in [6.45, 7) is 2.04. The molecular formula is C8H13BO. The van der Waals surface area contributed by atoms with Crippen LogP contribution in [0, 0.1) is 5.41 Å². The van der Waals surface area contributed by atoms with Gasteiger partial charge in [-0.1, -0.05) is 13.2 Å². The zero-order valence-corrected chi connectivity index (χ0v) is 6.52. The first-order valence-corrected chi connectivity index (χ1v) is 3.92. The van der Waals surface area contributed by atoms with Gasteiger partial charge in [0.1, 0.15) is 5.78 Å². The molecule has 1 unspecified atom stereocenters. The minimum absolute atomic E-state index is 0.0608. The Kier molecular flexibility index (Phi) is 2.17. The Bertz CT molecular complexity index is 144. The van der Waals surface area contributed by atoms with Gasteiger partial charge in [-0.15, -0.1) is 0 Å². The summed E-state index contributed by atoms with van der Waals surface area (Å²) in [5, 5.41) is 0. The second-order valence-electron chi connectivity index (χ2n) is 3.38. The van der Waals surface area contributed by atoms with E-state index in [1.165, 1.54) is 0 Å². The van der Waals surface area contributed by atoms with Gasteiger partial charge in [-0.25, -0.2) is 0 Å². The van der Waals surface area contributed by atoms with Crippen molar-refractivity contribution in [2.75, 3.05) is 0 Å². The van der Waals surface area contributed by atoms with Crippen LogP contribution in [0.5, 0.6) is 0 Å². The fraction of sp³-hybridized carbons (Fsp3) is 0.875. The van der Waals surface area contributed by atoms with Crippen LogP contribution in [0.15, 0.2) is 0 Å². The Labute approximate surface area is 63.6 Å². The summed E-state index contributed by atoms with van der Waals surface area (Å²) in [6.07, 6.45) is 4.39. The third-order valence-corrected chi connectivity index (χ3v) is 2.50. The predicted octanol–water partition coefficient (Wildman–Crippen LogP) is 1.72. The number of hydrogen-bond acceptors (Lipinski definition) is 1. The molecule has 0 saturated heterocycles. The molecule has 54 valence electrons. The summed E-state index contributed by atoms with van der Waals surface area (Å²) < 4.78 is 0. The smallest absolute Gasteiger partial charge is 0.138 e. The van der Waals surface area contributed by atoms with Gasteiger partial charge in [0.15, 0.2) is 0 Å². The van der Waals surface area contributed by atoms with Crippen LogP contribution < -0.4 is 0 Å². The van der Waals surface area contributed by atoms with Crippen LogP contribution in [0.2, 0.25) is 6.32 Å². The zero-order chi connectivity index (χ0) is 7.61. The molecule has 2 radical (unpaired) electrons. The number of hydrogen-bond donors (Lipinski definition) is 0. The molecule has 1 aliphatic rings. The van der Waals surface area contributed by atoms with E-state index in [0.717, 1.165) is 25.7 Å². The molecule has 1 fully saturated rings. The maximum Gasteiger partial charge on any atom is 0.138 e. The van der Waals surface area contributed by atoms with E-state index < -0.39 is 0 Å². The molecule has 0 bridgehead atoms. The molecule has 0 amide bonds. The first kappa shape index (κ1) is 7.84. The molecule has 2 heteroatoms. The van der Waals surface area contributed by atoms with Crippen LogP contribution in [0.3, 0.4) is 0 Å². The first-order valence-electron chi connectivity index (χ1n) is 3.92. The summed E-state index contributed by atoms with van der Waals surface area (Å²) in [5.41, 5.74) is -0.0608. The molecular weight excluding hydrogens is 123 g/mol. The highest BCUT2D eigenvalue weighted by molar-refractivity contribution is 6.08. The van der Waals surface area contributed by atoms with Gasteiger partial charge in [0, 0.05) is 11.8 Å². The van der Waals surface area contributed by atoms with E-state index in [1.54, 1.807) is 0 Å². The van der Waals surface area contributed by atoms with Crippen LogP contribution in [-0.4, -0.2) is 13.6 Å². The normalized spacial score (nSPS) is 33.1. The van der Waals surface area contributed by atoms with Crippen LogP contribution in [0.1, 0.15) is 32.6 Å². The lowest BCUT2D eigenvalue weighted by molar-refractivity contribution is -0.125. The Hall–Kier alpha value is -0.265. The predicted molar refractivity (Wildman–Crippen MR) is 42.1 cm³/mol. The van der Waals surface area contributed by atoms with Gasteiger partial charge >= 0.3 is 0 Å². The molecule has 0 aliphatic heterocycles. The standard InChI is InChI=1S/C8H13BO/c1-8(5-6-9)4-2-3-7(8)10/h2-6H2,1H3.